The van der Waals surface area contributed by atoms with Crippen LogP contribution in [0.15, 0.2) is 50.6 Å². The summed E-state index contributed by atoms with van der Waals surface area (Å²) in [6.07, 6.45) is 0.897. The average Bonchev–Trinajstić information content (AvgIpc) is 2.87. The van der Waals surface area contributed by atoms with Crippen molar-refractivity contribution in [2.24, 2.45) is 0 Å². The highest BCUT2D eigenvalue weighted by atomic mass is 28.4. The van der Waals surface area contributed by atoms with E-state index < -0.39 is 57.3 Å². The Labute approximate surface area is 218 Å². The lowest BCUT2D eigenvalue weighted by molar-refractivity contribution is -0.151. The number of esters is 4. The van der Waals surface area contributed by atoms with E-state index in [1.54, 1.807) is 27.7 Å². The van der Waals surface area contributed by atoms with Crippen molar-refractivity contribution in [3.8, 4) is 0 Å². The lowest BCUT2D eigenvalue weighted by Gasteiger charge is -2.31. The van der Waals surface area contributed by atoms with E-state index in [0.29, 0.717) is 0 Å². The molecule has 0 aliphatic carbocycles. The topological polar surface area (TPSA) is 142 Å². The van der Waals surface area contributed by atoms with Gasteiger partial charge in [-0.3, -0.25) is 0 Å². The largest absolute Gasteiger partial charge is 0.680 e. The molecule has 0 rings (SSSR count). The maximum Gasteiger partial charge on any atom is 0.680 e. The van der Waals surface area contributed by atoms with Gasteiger partial charge in [-0.25, -0.2) is 19.2 Å². The van der Waals surface area contributed by atoms with E-state index in [1.807, 2.05) is 0 Å². The minimum Gasteiger partial charge on any atom is -0.457 e. The number of ether oxygens (including phenoxy) is 4. The molecule has 0 saturated heterocycles. The summed E-state index contributed by atoms with van der Waals surface area (Å²) in [4.78, 5) is 46.1. The summed E-state index contributed by atoms with van der Waals surface area (Å²) in [5.74, 6) is -2.70. The van der Waals surface area contributed by atoms with E-state index >= 15 is 0 Å². The van der Waals surface area contributed by atoms with Crippen LogP contribution in [-0.2, 0) is 55.8 Å². The number of carbonyl (C=O) groups excluding carboxylic acids is 4. The second-order valence-corrected chi connectivity index (χ2v) is 9.71. The third kappa shape index (κ3) is 15.6. The standard InChI is InChI=1S/C24H36O12Si/c1-9-21(25)33-17(5)13-29-37(30-14-18(6)34-22(26)10-2,31-15-19(7)35-23(27)11-3)32-16-20(8)36-24(28)12-4/h9-12,17-20H,1-4,13-16H2,5-8H3. The van der Waals surface area contributed by atoms with Crippen molar-refractivity contribution >= 4 is 32.9 Å². The molecule has 0 saturated carbocycles. The molecule has 4 atom stereocenters. The van der Waals surface area contributed by atoms with E-state index in [-0.39, 0.29) is 26.4 Å². The third-order valence-corrected chi connectivity index (χ3v) is 6.00. The van der Waals surface area contributed by atoms with Crippen LogP contribution in [-0.4, -0.2) is 83.8 Å². The van der Waals surface area contributed by atoms with Crippen LogP contribution in [0.1, 0.15) is 27.7 Å². The van der Waals surface area contributed by atoms with Gasteiger partial charge in [0, 0.05) is 24.3 Å². The van der Waals surface area contributed by atoms with Crippen LogP contribution in [0, 0.1) is 0 Å². The Kier molecular flexibility index (Phi) is 16.7. The predicted molar refractivity (Wildman–Crippen MR) is 133 cm³/mol. The normalized spacial score (nSPS) is 15.5. The molecular weight excluding hydrogens is 508 g/mol. The fraction of sp³-hybridized carbons (Fsp3) is 0.500. The number of hydrogen-bond acceptors (Lipinski definition) is 12. The molecule has 0 heterocycles. The molecule has 0 spiro atoms. The van der Waals surface area contributed by atoms with Gasteiger partial charge in [0.15, 0.2) is 0 Å². The Morgan fingerprint density at radius 1 is 0.514 bits per heavy atom. The van der Waals surface area contributed by atoms with Crippen molar-refractivity contribution in [1.29, 1.82) is 0 Å². The highest BCUT2D eigenvalue weighted by Gasteiger charge is 2.48. The molecule has 12 nitrogen and oxygen atoms in total. The van der Waals surface area contributed by atoms with Crippen molar-refractivity contribution in [3.05, 3.63) is 50.6 Å². The van der Waals surface area contributed by atoms with Crippen molar-refractivity contribution in [2.75, 3.05) is 26.4 Å². The maximum atomic E-state index is 11.5. The lowest BCUT2D eigenvalue weighted by Crippen LogP contribution is -2.54. The summed E-state index contributed by atoms with van der Waals surface area (Å²) in [7, 11) is -4.16. The quantitative estimate of drug-likeness (QED) is 0.0957. The van der Waals surface area contributed by atoms with Crippen molar-refractivity contribution in [2.45, 2.75) is 52.1 Å². The molecule has 208 valence electrons. The highest BCUT2D eigenvalue weighted by molar-refractivity contribution is 6.53. The summed E-state index contributed by atoms with van der Waals surface area (Å²) in [6, 6.07) is 0. The Morgan fingerprint density at radius 2 is 0.703 bits per heavy atom. The monoisotopic (exact) mass is 544 g/mol. The van der Waals surface area contributed by atoms with Crippen molar-refractivity contribution < 1.29 is 55.8 Å². The fourth-order valence-electron chi connectivity index (χ4n) is 2.25. The summed E-state index contributed by atoms with van der Waals surface area (Å²) >= 11 is 0. The number of hydrogen-bond donors (Lipinski definition) is 0. The van der Waals surface area contributed by atoms with Gasteiger partial charge in [0.1, 0.15) is 24.4 Å². The van der Waals surface area contributed by atoms with Gasteiger partial charge in [0.05, 0.1) is 26.4 Å². The average molecular weight is 545 g/mol. The van der Waals surface area contributed by atoms with E-state index in [9.17, 15) is 19.2 Å². The first-order chi connectivity index (χ1) is 17.4. The highest BCUT2D eigenvalue weighted by Crippen LogP contribution is 2.17. The van der Waals surface area contributed by atoms with Gasteiger partial charge < -0.3 is 36.7 Å². The molecule has 13 heteroatoms. The first kappa shape index (κ1) is 33.9. The first-order valence-electron chi connectivity index (χ1n) is 11.3. The second kappa shape index (κ2) is 18.2. The Bertz CT molecular complexity index is 678. The number of carbonyl (C=O) groups is 4. The zero-order chi connectivity index (χ0) is 28.4. The SMILES string of the molecule is C=CC(=O)OC(C)CO[Si](OCC(C)OC(=O)C=C)(OCC(C)OC(=O)C=C)OCC(C)OC(=O)C=C. The summed E-state index contributed by atoms with van der Waals surface area (Å²) in [5.41, 5.74) is 0. The Morgan fingerprint density at radius 3 is 0.865 bits per heavy atom. The fourth-order valence-corrected chi connectivity index (χ4v) is 4.50. The zero-order valence-electron chi connectivity index (χ0n) is 21.7. The van der Waals surface area contributed by atoms with Gasteiger partial charge in [-0.1, -0.05) is 26.3 Å². The van der Waals surface area contributed by atoms with E-state index in [1.165, 1.54) is 0 Å². The molecule has 0 aliphatic rings. The molecule has 4 unspecified atom stereocenters. The van der Waals surface area contributed by atoms with Crippen LogP contribution in [0.25, 0.3) is 0 Å². The van der Waals surface area contributed by atoms with Gasteiger partial charge in [-0.15, -0.1) is 0 Å². The minimum absolute atomic E-state index is 0.228. The van der Waals surface area contributed by atoms with Gasteiger partial charge in [0.2, 0.25) is 0 Å². The summed E-state index contributed by atoms with van der Waals surface area (Å²) in [5, 5.41) is 0. The van der Waals surface area contributed by atoms with Gasteiger partial charge in [-0.2, -0.15) is 0 Å². The van der Waals surface area contributed by atoms with Crippen LogP contribution in [0.4, 0.5) is 0 Å². The predicted octanol–water partition coefficient (Wildman–Crippen LogP) is 1.96. The second-order valence-electron chi connectivity index (χ2n) is 7.55. The molecule has 0 radical (unpaired) electrons. The van der Waals surface area contributed by atoms with Gasteiger partial charge >= 0.3 is 32.9 Å². The molecule has 0 N–H and O–H groups in total. The molecular formula is C24H36O12Si. The summed E-state index contributed by atoms with van der Waals surface area (Å²) in [6.45, 7) is 18.6. The maximum absolute atomic E-state index is 11.5. The first-order valence-corrected chi connectivity index (χ1v) is 12.9. The minimum atomic E-state index is -4.16. The molecule has 0 amide bonds. The Hall–Kier alpha value is -3.10. The van der Waals surface area contributed by atoms with Crippen LogP contribution in [0.5, 0.6) is 0 Å². The van der Waals surface area contributed by atoms with E-state index in [2.05, 4.69) is 26.3 Å². The molecule has 0 aromatic rings. The molecule has 0 aromatic heterocycles. The molecule has 0 aromatic carbocycles. The van der Waals surface area contributed by atoms with Crippen LogP contribution >= 0.6 is 0 Å². The summed E-state index contributed by atoms with van der Waals surface area (Å²) < 4.78 is 43.9. The Balaban J connectivity index is 5.80. The smallest absolute Gasteiger partial charge is 0.457 e. The van der Waals surface area contributed by atoms with E-state index in [0.717, 1.165) is 24.3 Å². The van der Waals surface area contributed by atoms with Gasteiger partial charge in [0.25, 0.3) is 0 Å². The van der Waals surface area contributed by atoms with Gasteiger partial charge in [-0.05, 0) is 27.7 Å². The zero-order valence-corrected chi connectivity index (χ0v) is 22.7. The lowest BCUT2D eigenvalue weighted by atomic mass is 10.4. The molecule has 0 bridgehead atoms. The number of rotatable bonds is 20. The van der Waals surface area contributed by atoms with Crippen LogP contribution in [0.3, 0.4) is 0 Å². The molecule has 37 heavy (non-hydrogen) atoms. The van der Waals surface area contributed by atoms with Crippen molar-refractivity contribution in [3.63, 3.8) is 0 Å². The van der Waals surface area contributed by atoms with E-state index in [4.69, 9.17) is 36.7 Å². The third-order valence-electron chi connectivity index (χ3n) is 3.92. The molecule has 0 aliphatic heterocycles. The van der Waals surface area contributed by atoms with Crippen molar-refractivity contribution in [1.82, 2.24) is 0 Å². The van der Waals surface area contributed by atoms with Crippen LogP contribution in [0.2, 0.25) is 0 Å². The molecule has 0 fully saturated rings. The van der Waals surface area contributed by atoms with Crippen LogP contribution < -0.4 is 0 Å².